The smallest absolute Gasteiger partial charge is 0.260 e. The zero-order chi connectivity index (χ0) is 17.6. The summed E-state index contributed by atoms with van der Waals surface area (Å²) in [6.07, 6.45) is 0.446. The minimum atomic E-state index is -0.0337. The third kappa shape index (κ3) is 4.60. The molecular formula is C19H22N2O3S. The summed E-state index contributed by atoms with van der Waals surface area (Å²) >= 11 is 1.60. The number of nitrogens with zero attached hydrogens (tertiary/aromatic N) is 2. The molecule has 0 saturated carbocycles. The molecular weight excluding hydrogens is 336 g/mol. The number of aryl methyl sites for hydroxylation is 1. The number of para-hydroxylation sites is 1. The largest absolute Gasteiger partial charge is 0.484 e. The van der Waals surface area contributed by atoms with Gasteiger partial charge in [0.15, 0.2) is 6.61 Å². The van der Waals surface area contributed by atoms with Gasteiger partial charge in [-0.1, -0.05) is 24.3 Å². The van der Waals surface area contributed by atoms with E-state index in [1.807, 2.05) is 53.6 Å². The van der Waals surface area contributed by atoms with Crippen molar-refractivity contribution in [1.82, 2.24) is 9.80 Å². The highest BCUT2D eigenvalue weighted by Crippen LogP contribution is 2.16. The quantitative estimate of drug-likeness (QED) is 0.824. The van der Waals surface area contributed by atoms with Crippen molar-refractivity contribution in [3.05, 3.63) is 52.2 Å². The van der Waals surface area contributed by atoms with Gasteiger partial charge in [-0.3, -0.25) is 9.59 Å². The highest BCUT2D eigenvalue weighted by molar-refractivity contribution is 7.10. The number of hydrogen-bond acceptors (Lipinski definition) is 4. The molecule has 0 spiro atoms. The Labute approximate surface area is 151 Å². The second-order valence-corrected chi connectivity index (χ2v) is 7.10. The van der Waals surface area contributed by atoms with E-state index in [4.69, 9.17) is 4.74 Å². The summed E-state index contributed by atoms with van der Waals surface area (Å²) in [6, 6.07) is 11.6. The molecule has 1 fully saturated rings. The first-order valence-corrected chi connectivity index (χ1v) is 9.28. The number of amides is 2. The molecule has 1 saturated heterocycles. The van der Waals surface area contributed by atoms with Crippen molar-refractivity contribution in [2.75, 3.05) is 32.8 Å². The van der Waals surface area contributed by atoms with E-state index >= 15 is 0 Å². The van der Waals surface area contributed by atoms with Crippen LogP contribution in [0, 0.1) is 6.92 Å². The van der Waals surface area contributed by atoms with Gasteiger partial charge in [0.05, 0.1) is 6.42 Å². The number of carbonyl (C=O) groups excluding carboxylic acids is 2. The molecule has 2 amide bonds. The molecule has 1 aromatic heterocycles. The SMILES string of the molecule is Cc1ccccc1OCC(=O)N1CCN(C(=O)Cc2cccs2)CC1. The van der Waals surface area contributed by atoms with Gasteiger partial charge in [0.1, 0.15) is 5.75 Å². The van der Waals surface area contributed by atoms with Crippen molar-refractivity contribution in [2.45, 2.75) is 13.3 Å². The topological polar surface area (TPSA) is 49.9 Å². The van der Waals surface area contributed by atoms with Crippen molar-refractivity contribution in [3.8, 4) is 5.75 Å². The van der Waals surface area contributed by atoms with Gasteiger partial charge in [0.2, 0.25) is 5.91 Å². The summed E-state index contributed by atoms with van der Waals surface area (Å²) < 4.78 is 5.63. The number of rotatable bonds is 5. The standard InChI is InChI=1S/C19H22N2O3S/c1-15-5-2-3-7-17(15)24-14-19(23)21-10-8-20(9-11-21)18(22)13-16-6-4-12-25-16/h2-7,12H,8-11,13-14H2,1H3. The number of carbonyl (C=O) groups is 2. The molecule has 0 bridgehead atoms. The van der Waals surface area contributed by atoms with Crippen LogP contribution in [0.1, 0.15) is 10.4 Å². The third-order valence-electron chi connectivity index (χ3n) is 4.34. The van der Waals surface area contributed by atoms with E-state index in [-0.39, 0.29) is 18.4 Å². The Kier molecular flexibility index (Phi) is 5.71. The number of thiophene rings is 1. The molecule has 25 heavy (non-hydrogen) atoms. The summed E-state index contributed by atoms with van der Waals surface area (Å²) in [4.78, 5) is 29.3. The van der Waals surface area contributed by atoms with Crippen LogP contribution in [-0.2, 0) is 16.0 Å². The van der Waals surface area contributed by atoms with E-state index in [1.54, 1.807) is 16.2 Å². The number of benzene rings is 1. The van der Waals surface area contributed by atoms with E-state index in [0.717, 1.165) is 16.2 Å². The summed E-state index contributed by atoms with van der Waals surface area (Å²) in [5.74, 6) is 0.833. The summed E-state index contributed by atoms with van der Waals surface area (Å²) in [7, 11) is 0. The van der Waals surface area contributed by atoms with Crippen LogP contribution in [0.15, 0.2) is 41.8 Å². The van der Waals surface area contributed by atoms with Crippen LogP contribution >= 0.6 is 11.3 Å². The second kappa shape index (κ2) is 8.16. The molecule has 1 aliphatic heterocycles. The van der Waals surface area contributed by atoms with Crippen molar-refractivity contribution in [3.63, 3.8) is 0 Å². The Hall–Kier alpha value is -2.34. The van der Waals surface area contributed by atoms with Crippen LogP contribution < -0.4 is 4.74 Å². The lowest BCUT2D eigenvalue weighted by Gasteiger charge is -2.34. The van der Waals surface area contributed by atoms with Gasteiger partial charge in [-0.15, -0.1) is 11.3 Å². The minimum Gasteiger partial charge on any atom is -0.484 e. The average Bonchev–Trinajstić information content (AvgIpc) is 3.14. The maximum atomic E-state index is 12.3. The molecule has 132 valence electrons. The first-order valence-electron chi connectivity index (χ1n) is 8.40. The van der Waals surface area contributed by atoms with Crippen LogP contribution in [-0.4, -0.2) is 54.4 Å². The predicted octanol–water partition coefficient (Wildman–Crippen LogP) is 2.35. The van der Waals surface area contributed by atoms with Gasteiger partial charge in [-0.2, -0.15) is 0 Å². The zero-order valence-electron chi connectivity index (χ0n) is 14.3. The molecule has 0 unspecified atom stereocenters. The van der Waals surface area contributed by atoms with Crippen LogP contribution in [0.3, 0.4) is 0 Å². The molecule has 3 rings (SSSR count). The lowest BCUT2D eigenvalue weighted by atomic mass is 10.2. The average molecular weight is 358 g/mol. The minimum absolute atomic E-state index is 0.0337. The van der Waals surface area contributed by atoms with Crippen LogP contribution in [0.5, 0.6) is 5.75 Å². The summed E-state index contributed by atoms with van der Waals surface area (Å²) in [6.45, 7) is 4.28. The number of ether oxygens (including phenoxy) is 1. The van der Waals surface area contributed by atoms with Gasteiger partial charge in [0.25, 0.3) is 5.91 Å². The highest BCUT2D eigenvalue weighted by atomic mass is 32.1. The van der Waals surface area contributed by atoms with E-state index in [9.17, 15) is 9.59 Å². The Morgan fingerprint density at radius 1 is 1.00 bits per heavy atom. The molecule has 0 aliphatic carbocycles. The summed E-state index contributed by atoms with van der Waals surface area (Å²) in [5, 5.41) is 1.98. The molecule has 0 radical (unpaired) electrons. The Morgan fingerprint density at radius 3 is 2.32 bits per heavy atom. The molecule has 0 atom stereocenters. The fourth-order valence-corrected chi connectivity index (χ4v) is 3.52. The van der Waals surface area contributed by atoms with Crippen molar-refractivity contribution in [1.29, 1.82) is 0 Å². The van der Waals surface area contributed by atoms with Crippen molar-refractivity contribution >= 4 is 23.2 Å². The molecule has 5 nitrogen and oxygen atoms in total. The predicted molar refractivity (Wildman–Crippen MR) is 97.9 cm³/mol. The number of hydrogen-bond donors (Lipinski definition) is 0. The summed E-state index contributed by atoms with van der Waals surface area (Å²) in [5.41, 5.74) is 1.01. The Balaban J connectivity index is 1.44. The lowest BCUT2D eigenvalue weighted by molar-refractivity contribution is -0.140. The fourth-order valence-electron chi connectivity index (χ4n) is 2.83. The maximum absolute atomic E-state index is 12.3. The highest BCUT2D eigenvalue weighted by Gasteiger charge is 2.24. The molecule has 1 aliphatic rings. The maximum Gasteiger partial charge on any atom is 0.260 e. The first kappa shape index (κ1) is 17.5. The zero-order valence-corrected chi connectivity index (χ0v) is 15.1. The molecule has 2 aromatic rings. The number of piperazine rings is 1. The Morgan fingerprint density at radius 2 is 1.68 bits per heavy atom. The Bertz CT molecular complexity index is 722. The van der Waals surface area contributed by atoms with Gasteiger partial charge < -0.3 is 14.5 Å². The first-order chi connectivity index (χ1) is 12.1. The van der Waals surface area contributed by atoms with Gasteiger partial charge in [0, 0.05) is 31.1 Å². The second-order valence-electron chi connectivity index (χ2n) is 6.07. The van der Waals surface area contributed by atoms with E-state index in [2.05, 4.69) is 0 Å². The third-order valence-corrected chi connectivity index (χ3v) is 5.21. The van der Waals surface area contributed by atoms with E-state index < -0.39 is 0 Å². The van der Waals surface area contributed by atoms with Gasteiger partial charge in [-0.25, -0.2) is 0 Å². The monoisotopic (exact) mass is 358 g/mol. The van der Waals surface area contributed by atoms with Crippen molar-refractivity contribution < 1.29 is 14.3 Å². The normalized spacial score (nSPS) is 14.4. The van der Waals surface area contributed by atoms with E-state index in [0.29, 0.717) is 32.6 Å². The van der Waals surface area contributed by atoms with Crippen molar-refractivity contribution in [2.24, 2.45) is 0 Å². The molecule has 6 heteroatoms. The lowest BCUT2D eigenvalue weighted by Crippen LogP contribution is -2.51. The van der Waals surface area contributed by atoms with Crippen LogP contribution in [0.25, 0.3) is 0 Å². The molecule has 1 aromatic carbocycles. The van der Waals surface area contributed by atoms with Gasteiger partial charge >= 0.3 is 0 Å². The van der Waals surface area contributed by atoms with Gasteiger partial charge in [-0.05, 0) is 30.0 Å². The molecule has 0 N–H and O–H groups in total. The van der Waals surface area contributed by atoms with Crippen LogP contribution in [0.4, 0.5) is 0 Å². The van der Waals surface area contributed by atoms with E-state index in [1.165, 1.54) is 0 Å². The van der Waals surface area contributed by atoms with Crippen LogP contribution in [0.2, 0.25) is 0 Å². The fraction of sp³-hybridized carbons (Fsp3) is 0.368. The molecule has 2 heterocycles.